The van der Waals surface area contributed by atoms with Crippen LogP contribution in [0.15, 0.2) is 0 Å². The van der Waals surface area contributed by atoms with E-state index in [2.05, 4.69) is 5.32 Å². The molecule has 1 fully saturated rings. The average molecular weight is 258 g/mol. The van der Waals surface area contributed by atoms with Gasteiger partial charge in [-0.25, -0.2) is 0 Å². The van der Waals surface area contributed by atoms with Crippen molar-refractivity contribution in [1.29, 1.82) is 0 Å². The van der Waals surface area contributed by atoms with Crippen molar-refractivity contribution in [2.45, 2.75) is 39.3 Å². The van der Waals surface area contributed by atoms with Crippen LogP contribution in [0.25, 0.3) is 0 Å². The lowest BCUT2D eigenvalue weighted by Gasteiger charge is -2.38. The predicted molar refractivity (Wildman–Crippen MR) is 70.9 cm³/mol. The molecular weight excluding hydrogens is 236 g/mol. The van der Waals surface area contributed by atoms with Crippen LogP contribution in [0.2, 0.25) is 0 Å². The van der Waals surface area contributed by atoms with Gasteiger partial charge in [-0.1, -0.05) is 13.8 Å². The van der Waals surface area contributed by atoms with E-state index in [-0.39, 0.29) is 36.4 Å². The number of nitrogens with one attached hydrogen (secondary N) is 1. The highest BCUT2D eigenvalue weighted by atomic mass is 32.2. The van der Waals surface area contributed by atoms with Crippen LogP contribution in [0, 0.1) is 5.92 Å². The number of amides is 2. The van der Waals surface area contributed by atoms with Crippen LogP contribution >= 0.6 is 11.8 Å². The maximum Gasteiger partial charge on any atom is 0.246 e. The quantitative estimate of drug-likeness (QED) is 0.803. The lowest BCUT2D eigenvalue weighted by molar-refractivity contribution is -0.147. The number of hydrogen-bond donors (Lipinski definition) is 1. The highest BCUT2D eigenvalue weighted by Crippen LogP contribution is 2.16. The monoisotopic (exact) mass is 258 g/mol. The van der Waals surface area contributed by atoms with Crippen LogP contribution in [0.5, 0.6) is 0 Å². The molecule has 4 nitrogen and oxygen atoms in total. The summed E-state index contributed by atoms with van der Waals surface area (Å²) in [5.74, 6) is 1.17. The van der Waals surface area contributed by atoms with Crippen molar-refractivity contribution < 1.29 is 9.59 Å². The van der Waals surface area contributed by atoms with E-state index in [4.69, 9.17) is 0 Å². The largest absolute Gasteiger partial charge is 0.343 e. The summed E-state index contributed by atoms with van der Waals surface area (Å²) in [7, 11) is 0. The van der Waals surface area contributed by atoms with Crippen LogP contribution in [0.3, 0.4) is 0 Å². The van der Waals surface area contributed by atoms with Gasteiger partial charge in [-0.3, -0.25) is 9.59 Å². The number of carbonyl (C=O) groups is 2. The molecule has 0 saturated carbocycles. The van der Waals surface area contributed by atoms with Crippen molar-refractivity contribution in [3.63, 3.8) is 0 Å². The molecule has 0 radical (unpaired) electrons. The summed E-state index contributed by atoms with van der Waals surface area (Å²) in [6, 6.07) is -0.213. The lowest BCUT2D eigenvalue weighted by atomic mass is 9.99. The first-order chi connectivity index (χ1) is 7.97. The van der Waals surface area contributed by atoms with Crippen molar-refractivity contribution in [3.05, 3.63) is 0 Å². The molecule has 5 heteroatoms. The van der Waals surface area contributed by atoms with Crippen molar-refractivity contribution in [1.82, 2.24) is 10.2 Å². The zero-order chi connectivity index (χ0) is 13.0. The van der Waals surface area contributed by atoms with Crippen molar-refractivity contribution in [2.75, 3.05) is 18.6 Å². The van der Waals surface area contributed by atoms with Gasteiger partial charge in [0.15, 0.2) is 0 Å². The number of piperazine rings is 1. The molecule has 2 unspecified atom stereocenters. The zero-order valence-corrected chi connectivity index (χ0v) is 11.8. The van der Waals surface area contributed by atoms with Crippen LogP contribution in [-0.4, -0.2) is 47.4 Å². The molecule has 0 bridgehead atoms. The Hall–Kier alpha value is -0.710. The molecule has 2 atom stereocenters. The number of rotatable bonds is 5. The van der Waals surface area contributed by atoms with Gasteiger partial charge in [0.2, 0.25) is 11.8 Å². The molecule has 1 aliphatic rings. The smallest absolute Gasteiger partial charge is 0.246 e. The molecule has 0 aliphatic carbocycles. The third-order valence-electron chi connectivity index (χ3n) is 3.12. The summed E-state index contributed by atoms with van der Waals surface area (Å²) in [6.07, 6.45) is 2.99. The van der Waals surface area contributed by atoms with E-state index < -0.39 is 0 Å². The maximum atomic E-state index is 12.2. The van der Waals surface area contributed by atoms with Crippen molar-refractivity contribution in [2.24, 2.45) is 5.92 Å². The van der Waals surface area contributed by atoms with E-state index in [1.54, 1.807) is 16.7 Å². The number of carbonyl (C=O) groups excluding carboxylic acids is 2. The molecule has 1 aliphatic heterocycles. The normalized spacial score (nSPS) is 22.9. The highest BCUT2D eigenvalue weighted by molar-refractivity contribution is 7.98. The van der Waals surface area contributed by atoms with Crippen LogP contribution in [-0.2, 0) is 9.59 Å². The minimum Gasteiger partial charge on any atom is -0.343 e. The van der Waals surface area contributed by atoms with Gasteiger partial charge < -0.3 is 10.2 Å². The molecule has 0 spiro atoms. The fourth-order valence-electron chi connectivity index (χ4n) is 1.96. The molecule has 1 heterocycles. The molecule has 17 heavy (non-hydrogen) atoms. The average Bonchev–Trinajstić information content (AvgIpc) is 2.28. The Kier molecular flexibility index (Phi) is 5.31. The Labute approximate surface area is 108 Å². The highest BCUT2D eigenvalue weighted by Gasteiger charge is 2.36. The Morgan fingerprint density at radius 3 is 2.59 bits per heavy atom. The van der Waals surface area contributed by atoms with Gasteiger partial charge >= 0.3 is 0 Å². The van der Waals surface area contributed by atoms with Crippen molar-refractivity contribution >= 4 is 23.6 Å². The second-order valence-corrected chi connectivity index (χ2v) is 5.87. The first-order valence-electron chi connectivity index (χ1n) is 6.06. The van der Waals surface area contributed by atoms with E-state index >= 15 is 0 Å². The van der Waals surface area contributed by atoms with Crippen molar-refractivity contribution in [3.8, 4) is 0 Å². The van der Waals surface area contributed by atoms with E-state index in [0.29, 0.717) is 0 Å². The molecular formula is C12H22N2O2S. The fraction of sp³-hybridized carbons (Fsp3) is 0.833. The van der Waals surface area contributed by atoms with E-state index in [9.17, 15) is 9.59 Å². The molecule has 0 aromatic heterocycles. The maximum absolute atomic E-state index is 12.2. The van der Waals surface area contributed by atoms with E-state index in [1.807, 2.05) is 27.0 Å². The number of hydrogen-bond acceptors (Lipinski definition) is 3. The number of nitrogens with zero attached hydrogens (tertiary/aromatic N) is 1. The summed E-state index contributed by atoms with van der Waals surface area (Å²) < 4.78 is 0. The van der Waals surface area contributed by atoms with E-state index in [1.165, 1.54) is 0 Å². The summed E-state index contributed by atoms with van der Waals surface area (Å²) in [5, 5.41) is 2.77. The Morgan fingerprint density at radius 1 is 1.41 bits per heavy atom. The lowest BCUT2D eigenvalue weighted by Crippen LogP contribution is -2.61. The molecule has 2 amide bonds. The minimum atomic E-state index is -0.354. The van der Waals surface area contributed by atoms with E-state index in [0.717, 1.165) is 12.2 Å². The molecule has 1 N–H and O–H groups in total. The molecule has 98 valence electrons. The molecule has 1 saturated heterocycles. The van der Waals surface area contributed by atoms with Crippen LogP contribution < -0.4 is 5.32 Å². The molecule has 1 rings (SSSR count). The number of thioether (sulfide) groups is 1. The van der Waals surface area contributed by atoms with Gasteiger partial charge in [0.25, 0.3) is 0 Å². The second-order valence-electron chi connectivity index (χ2n) is 4.89. The molecule has 0 aromatic carbocycles. The predicted octanol–water partition coefficient (Wildman–Crippen LogP) is 1.11. The molecule has 0 aromatic rings. The van der Waals surface area contributed by atoms with Crippen LogP contribution in [0.4, 0.5) is 0 Å². The first kappa shape index (κ1) is 14.4. The van der Waals surface area contributed by atoms with Gasteiger partial charge in [-0.15, -0.1) is 0 Å². The SMILES string of the molecule is CSCCC(C)N1CC(=O)NC(C(C)C)C1=O. The first-order valence-corrected chi connectivity index (χ1v) is 7.45. The second kappa shape index (κ2) is 6.28. The third kappa shape index (κ3) is 3.63. The van der Waals surface area contributed by atoms with Gasteiger partial charge in [-0.2, -0.15) is 11.8 Å². The Bertz CT molecular complexity index is 294. The van der Waals surface area contributed by atoms with Gasteiger partial charge in [0.1, 0.15) is 6.04 Å². The summed E-state index contributed by atoms with van der Waals surface area (Å²) >= 11 is 1.76. The van der Waals surface area contributed by atoms with Gasteiger partial charge in [-0.05, 0) is 31.3 Å². The topological polar surface area (TPSA) is 49.4 Å². The summed E-state index contributed by atoms with van der Waals surface area (Å²) in [4.78, 5) is 25.5. The third-order valence-corrected chi connectivity index (χ3v) is 3.76. The Morgan fingerprint density at radius 2 is 2.06 bits per heavy atom. The van der Waals surface area contributed by atoms with Gasteiger partial charge in [0.05, 0.1) is 6.54 Å². The minimum absolute atomic E-state index is 0.0423. The zero-order valence-electron chi connectivity index (χ0n) is 11.0. The standard InChI is InChI=1S/C12H22N2O2S/c1-8(2)11-12(16)14(7-10(15)13-11)9(3)5-6-17-4/h8-9,11H,5-7H2,1-4H3,(H,13,15). The van der Waals surface area contributed by atoms with Crippen LogP contribution in [0.1, 0.15) is 27.2 Å². The van der Waals surface area contributed by atoms with Gasteiger partial charge in [0, 0.05) is 6.04 Å². The summed E-state index contributed by atoms with van der Waals surface area (Å²) in [5.41, 5.74) is 0. The Balaban J connectivity index is 2.70. The summed E-state index contributed by atoms with van der Waals surface area (Å²) in [6.45, 7) is 6.14. The fourth-order valence-corrected chi connectivity index (χ4v) is 2.54.